The van der Waals surface area contributed by atoms with Gasteiger partial charge in [-0.05, 0) is 21.8 Å². The van der Waals surface area contributed by atoms with Crippen LogP contribution in [0.15, 0.2) is 16.9 Å². The number of halogens is 1. The Morgan fingerprint density at radius 2 is 2.00 bits per heavy atom. The topological polar surface area (TPSA) is 105 Å². The van der Waals surface area contributed by atoms with Crippen molar-refractivity contribution < 1.29 is 19.4 Å². The lowest BCUT2D eigenvalue weighted by Gasteiger charge is -2.44. The van der Waals surface area contributed by atoms with Gasteiger partial charge in [-0.15, -0.1) is 0 Å². The van der Waals surface area contributed by atoms with Crippen molar-refractivity contribution >= 4 is 27.9 Å². The van der Waals surface area contributed by atoms with Gasteiger partial charge in [0, 0.05) is 37.3 Å². The van der Waals surface area contributed by atoms with Crippen LogP contribution in [0.2, 0.25) is 0 Å². The molecule has 0 bridgehead atoms. The molecule has 2 atom stereocenters. The molecule has 9 heteroatoms. The lowest BCUT2D eigenvalue weighted by molar-refractivity contribution is -0.140. The summed E-state index contributed by atoms with van der Waals surface area (Å²) in [6, 6.07) is -0.450. The first-order valence-corrected chi connectivity index (χ1v) is 9.32. The number of nitrogens with zero attached hydrogens (tertiary/aromatic N) is 3. The van der Waals surface area contributed by atoms with E-state index in [2.05, 4.69) is 31.2 Å². The highest BCUT2D eigenvalue weighted by Gasteiger charge is 2.41. The second-order valence-corrected chi connectivity index (χ2v) is 8.41. The van der Waals surface area contributed by atoms with Crippen molar-refractivity contribution in [1.29, 1.82) is 0 Å². The third-order valence-corrected chi connectivity index (χ3v) is 4.91. The number of aromatic nitrogens is 2. The van der Waals surface area contributed by atoms with Gasteiger partial charge in [0.1, 0.15) is 12.1 Å². The predicted octanol–water partition coefficient (Wildman–Crippen LogP) is 2.54. The van der Waals surface area contributed by atoms with Crippen molar-refractivity contribution in [3.05, 3.63) is 16.9 Å². The number of carbonyl (C=O) groups is 2. The second-order valence-electron chi connectivity index (χ2n) is 7.50. The third-order valence-electron chi connectivity index (χ3n) is 4.50. The van der Waals surface area contributed by atoms with E-state index < -0.39 is 12.1 Å². The summed E-state index contributed by atoms with van der Waals surface area (Å²) in [6.07, 6.45) is 2.53. The first-order valence-electron chi connectivity index (χ1n) is 8.52. The highest BCUT2D eigenvalue weighted by atomic mass is 79.9. The maximum Gasteiger partial charge on any atom is 0.405 e. The maximum atomic E-state index is 12.8. The third kappa shape index (κ3) is 5.06. The SMILES string of the molecule is CC(C)[C@H](NC(=O)O)C(=O)N1CCC(Oc2ncc(Br)cn2)C(C)(C)C1. The van der Waals surface area contributed by atoms with Crippen LogP contribution in [0.3, 0.4) is 0 Å². The molecule has 2 rings (SSSR count). The van der Waals surface area contributed by atoms with Gasteiger partial charge in [0.15, 0.2) is 0 Å². The van der Waals surface area contributed by atoms with Crippen LogP contribution < -0.4 is 10.1 Å². The average molecular weight is 429 g/mol. The summed E-state index contributed by atoms with van der Waals surface area (Å²) in [4.78, 5) is 33.8. The van der Waals surface area contributed by atoms with Crippen LogP contribution in [0.25, 0.3) is 0 Å². The van der Waals surface area contributed by atoms with Crippen molar-refractivity contribution in [2.75, 3.05) is 13.1 Å². The molecule has 2 N–H and O–H groups in total. The first-order chi connectivity index (χ1) is 12.1. The van der Waals surface area contributed by atoms with Gasteiger partial charge in [-0.2, -0.15) is 0 Å². The molecular formula is C17H25BrN4O4. The van der Waals surface area contributed by atoms with E-state index in [-0.39, 0.29) is 23.3 Å². The number of rotatable bonds is 5. The maximum absolute atomic E-state index is 12.8. The number of likely N-dealkylation sites (tertiary alicyclic amines) is 1. The Morgan fingerprint density at radius 1 is 1.38 bits per heavy atom. The van der Waals surface area contributed by atoms with E-state index in [0.717, 1.165) is 4.47 Å². The zero-order chi connectivity index (χ0) is 19.5. The molecule has 0 radical (unpaired) electrons. The minimum Gasteiger partial charge on any atom is -0.465 e. The first kappa shape index (κ1) is 20.4. The highest BCUT2D eigenvalue weighted by molar-refractivity contribution is 9.10. The molecule has 2 amide bonds. The number of nitrogens with one attached hydrogen (secondary N) is 1. The van der Waals surface area contributed by atoms with Gasteiger partial charge < -0.3 is 20.1 Å². The number of piperidine rings is 1. The van der Waals surface area contributed by atoms with Gasteiger partial charge >= 0.3 is 12.1 Å². The molecule has 144 valence electrons. The zero-order valence-corrected chi connectivity index (χ0v) is 17.0. The number of amides is 2. The molecule has 1 fully saturated rings. The molecule has 0 spiro atoms. The fraction of sp³-hybridized carbons (Fsp3) is 0.647. The Morgan fingerprint density at radius 3 is 2.50 bits per heavy atom. The summed E-state index contributed by atoms with van der Waals surface area (Å²) in [5.74, 6) is -0.333. The molecule has 26 heavy (non-hydrogen) atoms. The fourth-order valence-corrected chi connectivity index (χ4v) is 3.28. The quantitative estimate of drug-likeness (QED) is 0.746. The fourth-order valence-electron chi connectivity index (χ4n) is 3.07. The summed E-state index contributed by atoms with van der Waals surface area (Å²) in [7, 11) is 0. The number of hydrogen-bond donors (Lipinski definition) is 2. The Balaban J connectivity index is 2.05. The van der Waals surface area contributed by atoms with E-state index in [1.165, 1.54) is 0 Å². The minimum absolute atomic E-state index is 0.133. The van der Waals surface area contributed by atoms with E-state index in [1.54, 1.807) is 17.3 Å². The van der Waals surface area contributed by atoms with Crippen molar-refractivity contribution in [3.63, 3.8) is 0 Å². The van der Waals surface area contributed by atoms with Gasteiger partial charge in [-0.1, -0.05) is 27.7 Å². The molecule has 1 aromatic heterocycles. The number of carboxylic acid groups (broad SMARTS) is 1. The lowest BCUT2D eigenvalue weighted by Crippen LogP contribution is -2.58. The standard InChI is InChI=1S/C17H25BrN4O4/c1-10(2)13(21-16(24)25)14(23)22-6-5-12(17(3,4)9-22)26-15-19-7-11(18)8-20-15/h7-8,10,12-13,21H,5-6,9H2,1-4H3,(H,24,25)/t12?,13-/m0/s1. The lowest BCUT2D eigenvalue weighted by atomic mass is 9.80. The Kier molecular flexibility index (Phi) is 6.44. The molecule has 0 aliphatic carbocycles. The summed E-state index contributed by atoms with van der Waals surface area (Å²) in [6.45, 7) is 8.65. The minimum atomic E-state index is -1.19. The molecule has 1 aromatic rings. The molecule has 1 aliphatic rings. The predicted molar refractivity (Wildman–Crippen MR) is 98.9 cm³/mol. The Hall–Kier alpha value is -1.90. The van der Waals surface area contributed by atoms with Crippen LogP contribution in [0.1, 0.15) is 34.1 Å². The monoisotopic (exact) mass is 428 g/mol. The van der Waals surface area contributed by atoms with Crippen LogP contribution in [0.4, 0.5) is 4.79 Å². The number of carbonyl (C=O) groups excluding carboxylic acids is 1. The van der Waals surface area contributed by atoms with Gasteiger partial charge in [0.25, 0.3) is 0 Å². The molecule has 8 nitrogen and oxygen atoms in total. The molecule has 1 unspecified atom stereocenters. The van der Waals surface area contributed by atoms with Crippen LogP contribution in [0, 0.1) is 11.3 Å². The van der Waals surface area contributed by atoms with Gasteiger partial charge in [0.05, 0.1) is 4.47 Å². The number of hydrogen-bond acceptors (Lipinski definition) is 5. The molecular weight excluding hydrogens is 404 g/mol. The molecule has 1 saturated heterocycles. The van der Waals surface area contributed by atoms with E-state index >= 15 is 0 Å². The van der Waals surface area contributed by atoms with E-state index in [9.17, 15) is 9.59 Å². The summed E-state index contributed by atoms with van der Waals surface area (Å²) in [5.41, 5.74) is -0.324. The van der Waals surface area contributed by atoms with Gasteiger partial charge in [0.2, 0.25) is 5.91 Å². The molecule has 0 aromatic carbocycles. The smallest absolute Gasteiger partial charge is 0.405 e. The average Bonchev–Trinajstić information content (AvgIpc) is 2.55. The van der Waals surface area contributed by atoms with Crippen LogP contribution >= 0.6 is 15.9 Å². The van der Waals surface area contributed by atoms with Crippen molar-refractivity contribution in [3.8, 4) is 6.01 Å². The molecule has 1 aliphatic heterocycles. The largest absolute Gasteiger partial charge is 0.465 e. The van der Waals surface area contributed by atoms with E-state index in [4.69, 9.17) is 9.84 Å². The summed E-state index contributed by atoms with van der Waals surface area (Å²) < 4.78 is 6.71. The second kappa shape index (κ2) is 8.20. The molecule has 2 heterocycles. The number of ether oxygens (including phenoxy) is 1. The zero-order valence-electron chi connectivity index (χ0n) is 15.4. The van der Waals surface area contributed by atoms with Crippen molar-refractivity contribution in [1.82, 2.24) is 20.2 Å². The summed E-state index contributed by atoms with van der Waals surface area (Å²) in [5, 5.41) is 11.3. The van der Waals surface area contributed by atoms with Crippen LogP contribution in [-0.2, 0) is 4.79 Å². The normalized spacial score (nSPS) is 20.5. The van der Waals surface area contributed by atoms with Gasteiger partial charge in [-0.25, -0.2) is 14.8 Å². The van der Waals surface area contributed by atoms with Crippen molar-refractivity contribution in [2.24, 2.45) is 11.3 Å². The molecule has 0 saturated carbocycles. The Bertz CT molecular complexity index is 651. The van der Waals surface area contributed by atoms with E-state index in [1.807, 2.05) is 27.7 Å². The summed E-state index contributed by atoms with van der Waals surface area (Å²) >= 11 is 3.29. The van der Waals surface area contributed by atoms with Crippen LogP contribution in [0.5, 0.6) is 6.01 Å². The highest BCUT2D eigenvalue weighted by Crippen LogP contribution is 2.32. The van der Waals surface area contributed by atoms with Gasteiger partial charge in [-0.3, -0.25) is 4.79 Å². The van der Waals surface area contributed by atoms with Crippen LogP contribution in [-0.4, -0.2) is 57.2 Å². The van der Waals surface area contributed by atoms with E-state index in [0.29, 0.717) is 25.5 Å². The van der Waals surface area contributed by atoms with Crippen molar-refractivity contribution in [2.45, 2.75) is 46.3 Å². The Labute approximate surface area is 161 Å².